The van der Waals surface area contributed by atoms with E-state index in [4.69, 9.17) is 4.74 Å². The molecular weight excluding hydrogens is 298 g/mol. The highest BCUT2D eigenvalue weighted by molar-refractivity contribution is 9.10. The number of hydrogen-bond donors (Lipinski definition) is 0. The van der Waals surface area contributed by atoms with E-state index in [1.54, 1.807) is 18.0 Å². The Labute approximate surface area is 114 Å². The van der Waals surface area contributed by atoms with Gasteiger partial charge in [0.2, 0.25) is 0 Å². The van der Waals surface area contributed by atoms with E-state index in [1.807, 2.05) is 42.5 Å². The number of rotatable bonds is 5. The van der Waals surface area contributed by atoms with Crippen molar-refractivity contribution in [3.63, 3.8) is 0 Å². The van der Waals surface area contributed by atoms with E-state index in [0.29, 0.717) is 6.61 Å². The number of aromatic nitrogens is 1. The van der Waals surface area contributed by atoms with E-state index in [9.17, 15) is 0 Å². The molecule has 0 saturated carbocycles. The standard InChI is InChI=1S/C13H12BrNOS/c14-11-4-3-5-12(10-11)16-8-9-17-13-6-1-2-7-15-13/h1-7,10H,8-9H2. The van der Waals surface area contributed by atoms with Crippen LogP contribution in [0.25, 0.3) is 0 Å². The van der Waals surface area contributed by atoms with Gasteiger partial charge in [-0.15, -0.1) is 11.8 Å². The summed E-state index contributed by atoms with van der Waals surface area (Å²) < 4.78 is 6.66. The molecular formula is C13H12BrNOS. The fourth-order valence-corrected chi connectivity index (χ4v) is 2.36. The zero-order valence-corrected chi connectivity index (χ0v) is 11.6. The first kappa shape index (κ1) is 12.5. The summed E-state index contributed by atoms with van der Waals surface area (Å²) in [6.07, 6.45) is 1.80. The fourth-order valence-electron chi connectivity index (χ4n) is 1.30. The maximum Gasteiger partial charge on any atom is 0.120 e. The Hall–Kier alpha value is -1.00. The molecule has 0 fully saturated rings. The summed E-state index contributed by atoms with van der Waals surface area (Å²) in [7, 11) is 0. The Morgan fingerprint density at radius 1 is 1.18 bits per heavy atom. The number of halogens is 1. The second-order valence-electron chi connectivity index (χ2n) is 3.32. The lowest BCUT2D eigenvalue weighted by Crippen LogP contribution is -2.00. The molecule has 2 rings (SSSR count). The molecule has 0 amide bonds. The van der Waals surface area contributed by atoms with Crippen LogP contribution in [0.1, 0.15) is 0 Å². The molecule has 1 aromatic carbocycles. The second-order valence-corrected chi connectivity index (χ2v) is 5.35. The summed E-state index contributed by atoms with van der Waals surface area (Å²) in [6, 6.07) is 13.8. The van der Waals surface area contributed by atoms with E-state index in [1.165, 1.54) is 0 Å². The average molecular weight is 310 g/mol. The Morgan fingerprint density at radius 2 is 2.12 bits per heavy atom. The second kappa shape index (κ2) is 6.67. The lowest BCUT2D eigenvalue weighted by atomic mass is 10.3. The number of benzene rings is 1. The predicted molar refractivity (Wildman–Crippen MR) is 74.6 cm³/mol. The van der Waals surface area contributed by atoms with Gasteiger partial charge in [0.25, 0.3) is 0 Å². The van der Waals surface area contributed by atoms with Gasteiger partial charge in [-0.3, -0.25) is 0 Å². The fraction of sp³-hybridized carbons (Fsp3) is 0.154. The van der Waals surface area contributed by atoms with Crippen LogP contribution in [-0.4, -0.2) is 17.3 Å². The Kier molecular flexibility index (Phi) is 4.88. The largest absolute Gasteiger partial charge is 0.493 e. The van der Waals surface area contributed by atoms with Crippen LogP contribution < -0.4 is 4.74 Å². The first-order valence-corrected chi connectivity index (χ1v) is 7.05. The molecule has 0 unspecified atom stereocenters. The van der Waals surface area contributed by atoms with Gasteiger partial charge in [0.1, 0.15) is 5.75 Å². The molecule has 1 aromatic heterocycles. The van der Waals surface area contributed by atoms with Crippen molar-refractivity contribution < 1.29 is 4.74 Å². The summed E-state index contributed by atoms with van der Waals surface area (Å²) >= 11 is 5.11. The highest BCUT2D eigenvalue weighted by Gasteiger charge is 1.96. The molecule has 1 heterocycles. The molecule has 2 aromatic rings. The topological polar surface area (TPSA) is 22.1 Å². The maximum absolute atomic E-state index is 5.63. The molecule has 17 heavy (non-hydrogen) atoms. The molecule has 0 saturated heterocycles. The molecule has 2 nitrogen and oxygen atoms in total. The summed E-state index contributed by atoms with van der Waals surface area (Å²) in [6.45, 7) is 0.678. The minimum absolute atomic E-state index is 0.678. The number of pyridine rings is 1. The normalized spacial score (nSPS) is 10.2. The average Bonchev–Trinajstić information content (AvgIpc) is 2.36. The van der Waals surface area contributed by atoms with Crippen LogP contribution >= 0.6 is 27.7 Å². The Balaban J connectivity index is 1.73. The third-order valence-electron chi connectivity index (χ3n) is 2.04. The minimum Gasteiger partial charge on any atom is -0.493 e. The highest BCUT2D eigenvalue weighted by atomic mass is 79.9. The summed E-state index contributed by atoms with van der Waals surface area (Å²) in [5.41, 5.74) is 0. The summed E-state index contributed by atoms with van der Waals surface area (Å²) in [5, 5.41) is 1.03. The van der Waals surface area contributed by atoms with Crippen LogP contribution in [0, 0.1) is 0 Å². The molecule has 0 atom stereocenters. The number of nitrogens with zero attached hydrogens (tertiary/aromatic N) is 1. The van der Waals surface area contributed by atoms with Gasteiger partial charge >= 0.3 is 0 Å². The molecule has 0 spiro atoms. The number of ether oxygens (including phenoxy) is 1. The molecule has 0 radical (unpaired) electrons. The molecule has 0 aliphatic rings. The van der Waals surface area contributed by atoms with E-state index in [-0.39, 0.29) is 0 Å². The zero-order valence-electron chi connectivity index (χ0n) is 9.17. The van der Waals surface area contributed by atoms with Gasteiger partial charge in [-0.25, -0.2) is 4.98 Å². The monoisotopic (exact) mass is 309 g/mol. The van der Waals surface area contributed by atoms with Crippen molar-refractivity contribution in [3.8, 4) is 5.75 Å². The first-order valence-electron chi connectivity index (χ1n) is 5.27. The molecule has 0 bridgehead atoms. The van der Waals surface area contributed by atoms with Crippen molar-refractivity contribution in [1.82, 2.24) is 4.98 Å². The molecule has 0 N–H and O–H groups in total. The zero-order chi connectivity index (χ0) is 11.9. The van der Waals surface area contributed by atoms with Crippen molar-refractivity contribution in [2.75, 3.05) is 12.4 Å². The molecule has 4 heteroatoms. The number of hydrogen-bond acceptors (Lipinski definition) is 3. The predicted octanol–water partition coefficient (Wildman–Crippen LogP) is 4.02. The van der Waals surface area contributed by atoms with Crippen LogP contribution in [0.15, 0.2) is 58.2 Å². The Morgan fingerprint density at radius 3 is 2.88 bits per heavy atom. The van der Waals surface area contributed by atoms with Gasteiger partial charge in [0, 0.05) is 16.4 Å². The van der Waals surface area contributed by atoms with E-state index < -0.39 is 0 Å². The van der Waals surface area contributed by atoms with Gasteiger partial charge in [-0.1, -0.05) is 28.1 Å². The summed E-state index contributed by atoms with van der Waals surface area (Å²) in [5.74, 6) is 1.78. The molecule has 0 aliphatic heterocycles. The van der Waals surface area contributed by atoms with Gasteiger partial charge in [0.15, 0.2) is 0 Å². The van der Waals surface area contributed by atoms with Crippen LogP contribution in [0.3, 0.4) is 0 Å². The number of thioether (sulfide) groups is 1. The quantitative estimate of drug-likeness (QED) is 0.615. The van der Waals surface area contributed by atoms with Crippen molar-refractivity contribution >= 4 is 27.7 Å². The summed E-state index contributed by atoms with van der Waals surface area (Å²) in [4.78, 5) is 4.24. The molecule has 0 aliphatic carbocycles. The van der Waals surface area contributed by atoms with Crippen molar-refractivity contribution in [1.29, 1.82) is 0 Å². The Bertz CT molecular complexity index is 464. The van der Waals surface area contributed by atoms with Crippen LogP contribution in [0.4, 0.5) is 0 Å². The van der Waals surface area contributed by atoms with Crippen molar-refractivity contribution in [2.45, 2.75) is 5.03 Å². The minimum atomic E-state index is 0.678. The van der Waals surface area contributed by atoms with E-state index >= 15 is 0 Å². The lowest BCUT2D eigenvalue weighted by molar-refractivity contribution is 0.343. The smallest absolute Gasteiger partial charge is 0.120 e. The van der Waals surface area contributed by atoms with Crippen LogP contribution in [-0.2, 0) is 0 Å². The van der Waals surface area contributed by atoms with Gasteiger partial charge in [-0.2, -0.15) is 0 Å². The van der Waals surface area contributed by atoms with E-state index in [2.05, 4.69) is 20.9 Å². The van der Waals surface area contributed by atoms with Crippen LogP contribution in [0.2, 0.25) is 0 Å². The van der Waals surface area contributed by atoms with Gasteiger partial charge in [-0.05, 0) is 30.3 Å². The van der Waals surface area contributed by atoms with E-state index in [0.717, 1.165) is 21.0 Å². The lowest BCUT2D eigenvalue weighted by Gasteiger charge is -2.05. The van der Waals surface area contributed by atoms with Gasteiger partial charge in [0.05, 0.1) is 11.6 Å². The van der Waals surface area contributed by atoms with Crippen molar-refractivity contribution in [2.24, 2.45) is 0 Å². The third-order valence-corrected chi connectivity index (χ3v) is 3.44. The highest BCUT2D eigenvalue weighted by Crippen LogP contribution is 2.19. The third kappa shape index (κ3) is 4.40. The maximum atomic E-state index is 5.63. The molecule has 88 valence electrons. The first-order chi connectivity index (χ1) is 8.34. The van der Waals surface area contributed by atoms with Crippen molar-refractivity contribution in [3.05, 3.63) is 53.1 Å². The SMILES string of the molecule is Brc1cccc(OCCSc2ccccn2)c1. The van der Waals surface area contributed by atoms with Gasteiger partial charge < -0.3 is 4.74 Å². The van der Waals surface area contributed by atoms with Crippen LogP contribution in [0.5, 0.6) is 5.75 Å².